The quantitative estimate of drug-likeness (QED) is 0.305. The van der Waals surface area contributed by atoms with Crippen molar-refractivity contribution in [2.24, 2.45) is 0 Å². The van der Waals surface area contributed by atoms with E-state index in [2.05, 4.69) is 32.7 Å². The van der Waals surface area contributed by atoms with Gasteiger partial charge in [-0.2, -0.15) is 0 Å². The van der Waals surface area contributed by atoms with Crippen molar-refractivity contribution in [2.45, 2.75) is 30.5 Å². The minimum atomic E-state index is -0.758. The van der Waals surface area contributed by atoms with Crippen molar-refractivity contribution in [3.63, 3.8) is 0 Å². The van der Waals surface area contributed by atoms with Gasteiger partial charge in [-0.25, -0.2) is 8.78 Å². The topological polar surface area (TPSA) is 39.9 Å². The summed E-state index contributed by atoms with van der Waals surface area (Å²) in [7, 11) is 0. The molecule has 0 spiro atoms. The van der Waals surface area contributed by atoms with Crippen molar-refractivity contribution in [1.29, 1.82) is 0 Å². The number of rotatable bonds is 8. The Hall–Kier alpha value is -2.19. The lowest BCUT2D eigenvalue weighted by Gasteiger charge is -2.16. The molecule has 3 aromatic rings. The number of aromatic nitrogens is 3. The van der Waals surface area contributed by atoms with Crippen molar-refractivity contribution in [3.8, 4) is 5.75 Å². The van der Waals surface area contributed by atoms with Crippen LogP contribution in [-0.4, -0.2) is 14.8 Å². The maximum Gasteiger partial charge on any atom is 0.191 e. The van der Waals surface area contributed by atoms with Crippen LogP contribution in [-0.2, 0) is 12.3 Å². The largest absolute Gasteiger partial charge is 0.480 e. The number of hydrogen-bond donors (Lipinski definition) is 0. The Morgan fingerprint density at radius 2 is 2.07 bits per heavy atom. The van der Waals surface area contributed by atoms with Gasteiger partial charge >= 0.3 is 0 Å². The Morgan fingerprint density at radius 1 is 1.25 bits per heavy atom. The van der Waals surface area contributed by atoms with Gasteiger partial charge in [-0.3, -0.25) is 4.57 Å². The van der Waals surface area contributed by atoms with Crippen LogP contribution in [0.15, 0.2) is 64.7 Å². The number of ether oxygens (including phenoxy) is 1. The maximum absolute atomic E-state index is 13.9. The molecule has 146 valence electrons. The lowest BCUT2D eigenvalue weighted by atomic mass is 10.2. The third kappa shape index (κ3) is 4.99. The van der Waals surface area contributed by atoms with Gasteiger partial charge < -0.3 is 4.74 Å². The summed E-state index contributed by atoms with van der Waals surface area (Å²) in [4.78, 5) is 0. The fraction of sp³-hybridized carbons (Fsp3) is 0.200. The minimum Gasteiger partial charge on any atom is -0.480 e. The van der Waals surface area contributed by atoms with E-state index in [9.17, 15) is 8.78 Å². The van der Waals surface area contributed by atoms with Crippen molar-refractivity contribution in [1.82, 2.24) is 14.8 Å². The van der Waals surface area contributed by atoms with Crippen LogP contribution < -0.4 is 4.74 Å². The molecule has 1 aromatic heterocycles. The highest BCUT2D eigenvalue weighted by atomic mass is 79.9. The highest BCUT2D eigenvalue weighted by Crippen LogP contribution is 2.28. The molecular weight excluding hydrogens is 448 g/mol. The van der Waals surface area contributed by atoms with Crippen LogP contribution in [0, 0.1) is 11.6 Å². The average molecular weight is 466 g/mol. The number of halogens is 3. The Bertz CT molecular complexity index is 980. The summed E-state index contributed by atoms with van der Waals surface area (Å²) in [5.41, 5.74) is 1.15. The normalized spacial score (nSPS) is 12.0. The molecule has 0 aliphatic carbocycles. The predicted molar refractivity (Wildman–Crippen MR) is 109 cm³/mol. The van der Waals surface area contributed by atoms with Gasteiger partial charge in [0.2, 0.25) is 0 Å². The zero-order chi connectivity index (χ0) is 20.1. The van der Waals surface area contributed by atoms with Crippen LogP contribution >= 0.6 is 27.7 Å². The molecule has 0 bridgehead atoms. The Morgan fingerprint density at radius 3 is 2.79 bits per heavy atom. The first-order valence-electron chi connectivity index (χ1n) is 8.51. The predicted octanol–water partition coefficient (Wildman–Crippen LogP) is 5.94. The van der Waals surface area contributed by atoms with Gasteiger partial charge in [-0.05, 0) is 36.8 Å². The van der Waals surface area contributed by atoms with Gasteiger partial charge in [-0.1, -0.05) is 45.9 Å². The SMILES string of the molecule is C=CCn1c(SCc2cccc(Br)c2)nnc1C(C)Oc1ccc(F)cc1F. The van der Waals surface area contributed by atoms with Crippen molar-refractivity contribution >= 4 is 27.7 Å². The van der Waals surface area contributed by atoms with E-state index < -0.39 is 17.7 Å². The molecule has 3 rings (SSSR count). The second-order valence-electron chi connectivity index (χ2n) is 5.99. The fourth-order valence-corrected chi connectivity index (χ4v) is 3.94. The molecule has 0 fully saturated rings. The minimum absolute atomic E-state index is 0.0367. The summed E-state index contributed by atoms with van der Waals surface area (Å²) >= 11 is 5.01. The fourth-order valence-electron chi connectivity index (χ4n) is 2.60. The number of thioether (sulfide) groups is 1. The zero-order valence-corrected chi connectivity index (χ0v) is 17.5. The third-order valence-electron chi connectivity index (χ3n) is 3.88. The molecule has 0 aliphatic heterocycles. The highest BCUT2D eigenvalue weighted by Gasteiger charge is 2.20. The molecule has 0 amide bonds. The van der Waals surface area contributed by atoms with E-state index in [1.54, 1.807) is 13.0 Å². The van der Waals surface area contributed by atoms with Crippen molar-refractivity contribution in [2.75, 3.05) is 0 Å². The molecule has 1 heterocycles. The molecule has 1 unspecified atom stereocenters. The van der Waals surface area contributed by atoms with Crippen LogP contribution in [0.3, 0.4) is 0 Å². The summed E-state index contributed by atoms with van der Waals surface area (Å²) in [5.74, 6) is -0.188. The smallest absolute Gasteiger partial charge is 0.191 e. The van der Waals surface area contributed by atoms with Gasteiger partial charge in [0.05, 0.1) is 0 Å². The van der Waals surface area contributed by atoms with Gasteiger partial charge in [0.1, 0.15) is 5.82 Å². The van der Waals surface area contributed by atoms with E-state index in [1.165, 1.54) is 17.8 Å². The number of allylic oxidation sites excluding steroid dienone is 1. The lowest BCUT2D eigenvalue weighted by molar-refractivity contribution is 0.200. The van der Waals surface area contributed by atoms with E-state index in [1.807, 2.05) is 28.8 Å². The highest BCUT2D eigenvalue weighted by molar-refractivity contribution is 9.10. The molecule has 28 heavy (non-hydrogen) atoms. The molecule has 2 aromatic carbocycles. The summed E-state index contributed by atoms with van der Waals surface area (Å²) in [5, 5.41) is 9.19. The van der Waals surface area contributed by atoms with Gasteiger partial charge in [0.25, 0.3) is 0 Å². The summed E-state index contributed by atoms with van der Waals surface area (Å²) in [6, 6.07) is 11.2. The van der Waals surface area contributed by atoms with E-state index in [0.29, 0.717) is 17.5 Å². The van der Waals surface area contributed by atoms with Crippen molar-refractivity contribution in [3.05, 3.63) is 82.6 Å². The number of benzene rings is 2. The van der Waals surface area contributed by atoms with Crippen LogP contribution in [0.1, 0.15) is 24.4 Å². The second-order valence-corrected chi connectivity index (χ2v) is 7.85. The van der Waals surface area contributed by atoms with Crippen LogP contribution in [0.2, 0.25) is 0 Å². The van der Waals surface area contributed by atoms with Gasteiger partial charge in [0.15, 0.2) is 28.7 Å². The lowest BCUT2D eigenvalue weighted by Crippen LogP contribution is -2.13. The second kappa shape index (κ2) is 9.34. The molecule has 0 aliphatic rings. The first kappa shape index (κ1) is 20.5. The van der Waals surface area contributed by atoms with E-state index in [0.717, 1.165) is 27.9 Å². The average Bonchev–Trinajstić information content (AvgIpc) is 3.05. The maximum atomic E-state index is 13.9. The molecule has 0 radical (unpaired) electrons. The summed E-state index contributed by atoms with van der Waals surface area (Å²) in [6.07, 6.45) is 1.16. The summed E-state index contributed by atoms with van der Waals surface area (Å²) in [6.45, 7) is 6.01. The Kier molecular flexibility index (Phi) is 6.85. The molecule has 8 heteroatoms. The van der Waals surface area contributed by atoms with E-state index >= 15 is 0 Å². The molecule has 1 atom stereocenters. The molecule has 4 nitrogen and oxygen atoms in total. The molecule has 0 saturated carbocycles. The molecule has 0 saturated heterocycles. The molecular formula is C20H18BrF2N3OS. The van der Waals surface area contributed by atoms with E-state index in [-0.39, 0.29) is 5.75 Å². The molecule has 0 N–H and O–H groups in total. The summed E-state index contributed by atoms with van der Waals surface area (Å²) < 4.78 is 35.5. The van der Waals surface area contributed by atoms with E-state index in [4.69, 9.17) is 4.74 Å². The monoisotopic (exact) mass is 465 g/mol. The first-order chi connectivity index (χ1) is 13.5. The number of hydrogen-bond acceptors (Lipinski definition) is 4. The Labute approximate surface area is 174 Å². The van der Waals surface area contributed by atoms with Gasteiger partial charge in [-0.15, -0.1) is 16.8 Å². The Balaban J connectivity index is 1.78. The number of nitrogens with zero attached hydrogens (tertiary/aromatic N) is 3. The first-order valence-corrected chi connectivity index (χ1v) is 10.3. The van der Waals surface area contributed by atoms with Crippen LogP contribution in [0.5, 0.6) is 5.75 Å². The third-order valence-corrected chi connectivity index (χ3v) is 5.41. The van der Waals surface area contributed by atoms with Crippen LogP contribution in [0.25, 0.3) is 0 Å². The standard InChI is InChI=1S/C20H18BrF2N3OS/c1-3-9-26-19(13(2)27-18-8-7-16(22)11-17(18)23)24-25-20(26)28-12-14-5-4-6-15(21)10-14/h3-8,10-11,13H,1,9,12H2,2H3. The van der Waals surface area contributed by atoms with Crippen LogP contribution in [0.4, 0.5) is 8.78 Å². The van der Waals surface area contributed by atoms with Crippen molar-refractivity contribution < 1.29 is 13.5 Å². The van der Waals surface area contributed by atoms with Gasteiger partial charge in [0, 0.05) is 22.8 Å². The zero-order valence-electron chi connectivity index (χ0n) is 15.1.